The summed E-state index contributed by atoms with van der Waals surface area (Å²) in [6, 6.07) is 1.13. The van der Waals surface area contributed by atoms with E-state index in [-0.39, 0.29) is 0 Å². The van der Waals surface area contributed by atoms with Gasteiger partial charge in [-0.2, -0.15) is 0 Å². The van der Waals surface area contributed by atoms with E-state index in [1.165, 1.54) is 0 Å². The second-order valence-corrected chi connectivity index (χ2v) is 6.39. The molecule has 0 aliphatic carbocycles. The monoisotopic (exact) mass is 314 g/mol. The van der Waals surface area contributed by atoms with Crippen molar-refractivity contribution in [3.05, 3.63) is 0 Å². The first kappa shape index (κ1) is 21.2. The van der Waals surface area contributed by atoms with Crippen LogP contribution in [0.25, 0.3) is 0 Å². The van der Waals surface area contributed by atoms with Crippen LogP contribution in [-0.2, 0) is 4.74 Å². The van der Waals surface area contributed by atoms with Gasteiger partial charge in [-0.3, -0.25) is 9.89 Å². The SMILES string of the molecule is CCNC(=NCCCOC(C)C)NCCN(C(C)C)C(C)C. The number of hydrogen-bond donors (Lipinski definition) is 2. The molecule has 5 nitrogen and oxygen atoms in total. The molecule has 5 heteroatoms. The Morgan fingerprint density at radius 2 is 1.68 bits per heavy atom. The van der Waals surface area contributed by atoms with E-state index in [0.29, 0.717) is 18.2 Å². The fourth-order valence-corrected chi connectivity index (χ4v) is 2.33. The van der Waals surface area contributed by atoms with Crippen molar-refractivity contribution in [3.8, 4) is 0 Å². The minimum absolute atomic E-state index is 0.299. The summed E-state index contributed by atoms with van der Waals surface area (Å²) >= 11 is 0. The minimum atomic E-state index is 0.299. The van der Waals surface area contributed by atoms with Crippen LogP contribution in [0.15, 0.2) is 4.99 Å². The zero-order valence-corrected chi connectivity index (χ0v) is 15.8. The molecule has 0 aromatic carbocycles. The van der Waals surface area contributed by atoms with Crippen molar-refractivity contribution in [1.29, 1.82) is 0 Å². The molecule has 0 saturated heterocycles. The first-order valence-corrected chi connectivity index (χ1v) is 8.78. The molecule has 0 unspecified atom stereocenters. The molecule has 132 valence electrons. The summed E-state index contributed by atoms with van der Waals surface area (Å²) in [4.78, 5) is 7.07. The first-order chi connectivity index (χ1) is 10.4. The fourth-order valence-electron chi connectivity index (χ4n) is 2.33. The van der Waals surface area contributed by atoms with Crippen molar-refractivity contribution in [2.75, 3.05) is 32.8 Å². The molecule has 0 radical (unpaired) electrons. The lowest BCUT2D eigenvalue weighted by Crippen LogP contribution is -2.45. The number of aliphatic imine (C=N–C) groups is 1. The zero-order valence-electron chi connectivity index (χ0n) is 15.8. The predicted octanol–water partition coefficient (Wildman–Crippen LogP) is 2.48. The average Bonchev–Trinajstić information content (AvgIpc) is 2.41. The number of nitrogens with one attached hydrogen (secondary N) is 2. The Hall–Kier alpha value is -0.810. The molecule has 0 rings (SSSR count). The van der Waals surface area contributed by atoms with Crippen molar-refractivity contribution in [3.63, 3.8) is 0 Å². The predicted molar refractivity (Wildman–Crippen MR) is 96.7 cm³/mol. The van der Waals surface area contributed by atoms with Gasteiger partial charge >= 0.3 is 0 Å². The van der Waals surface area contributed by atoms with Crippen LogP contribution in [0.5, 0.6) is 0 Å². The van der Waals surface area contributed by atoms with Gasteiger partial charge in [0.05, 0.1) is 6.10 Å². The lowest BCUT2D eigenvalue weighted by atomic mass is 10.2. The molecular formula is C17H38N4O. The van der Waals surface area contributed by atoms with Crippen molar-refractivity contribution in [1.82, 2.24) is 15.5 Å². The van der Waals surface area contributed by atoms with E-state index in [1.807, 2.05) is 0 Å². The Morgan fingerprint density at radius 3 is 2.18 bits per heavy atom. The molecule has 0 spiro atoms. The maximum absolute atomic E-state index is 5.53. The van der Waals surface area contributed by atoms with Crippen LogP contribution < -0.4 is 10.6 Å². The van der Waals surface area contributed by atoms with Crippen LogP contribution in [0.4, 0.5) is 0 Å². The number of guanidine groups is 1. The summed E-state index contributed by atoms with van der Waals surface area (Å²) in [6.45, 7) is 19.6. The van der Waals surface area contributed by atoms with Crippen LogP contribution in [0.1, 0.15) is 54.9 Å². The Labute approximate surface area is 137 Å². The quantitative estimate of drug-likeness (QED) is 0.349. The third-order valence-electron chi connectivity index (χ3n) is 3.36. The number of hydrogen-bond acceptors (Lipinski definition) is 3. The second-order valence-electron chi connectivity index (χ2n) is 6.39. The summed E-state index contributed by atoms with van der Waals surface area (Å²) in [7, 11) is 0. The molecule has 22 heavy (non-hydrogen) atoms. The van der Waals surface area contributed by atoms with Crippen LogP contribution in [-0.4, -0.2) is 61.8 Å². The molecule has 0 saturated carbocycles. The standard InChI is InChI=1S/C17H38N4O/c1-8-18-17(19-10-9-13-22-16(6)7)20-11-12-21(14(2)3)15(4)5/h14-16H,8-13H2,1-7H3,(H2,18,19,20). The van der Waals surface area contributed by atoms with E-state index in [0.717, 1.165) is 45.2 Å². The second kappa shape index (κ2) is 12.7. The fraction of sp³-hybridized carbons (Fsp3) is 0.941. The Balaban J connectivity index is 4.11. The molecular weight excluding hydrogens is 276 g/mol. The van der Waals surface area contributed by atoms with Gasteiger partial charge in [0.2, 0.25) is 0 Å². The smallest absolute Gasteiger partial charge is 0.191 e. The first-order valence-electron chi connectivity index (χ1n) is 8.78. The summed E-state index contributed by atoms with van der Waals surface area (Å²) in [5, 5.41) is 6.71. The molecule has 2 N–H and O–H groups in total. The zero-order chi connectivity index (χ0) is 17.0. The molecule has 0 amide bonds. The highest BCUT2D eigenvalue weighted by Gasteiger charge is 2.12. The van der Waals surface area contributed by atoms with Gasteiger partial charge in [-0.05, 0) is 54.9 Å². The Kier molecular flexibility index (Phi) is 12.2. The van der Waals surface area contributed by atoms with Gasteiger partial charge in [0.15, 0.2) is 5.96 Å². The Bertz CT molecular complexity index is 282. The molecule has 0 aromatic heterocycles. The van der Waals surface area contributed by atoms with Crippen molar-refractivity contribution in [2.24, 2.45) is 4.99 Å². The summed E-state index contributed by atoms with van der Waals surface area (Å²) < 4.78 is 5.53. The van der Waals surface area contributed by atoms with Crippen molar-refractivity contribution >= 4 is 5.96 Å². The largest absolute Gasteiger partial charge is 0.379 e. The van der Waals surface area contributed by atoms with E-state index in [4.69, 9.17) is 4.74 Å². The highest BCUT2D eigenvalue weighted by Crippen LogP contribution is 2.03. The minimum Gasteiger partial charge on any atom is -0.379 e. The van der Waals surface area contributed by atoms with Gasteiger partial charge in [-0.1, -0.05) is 0 Å². The maximum atomic E-state index is 5.53. The molecule has 0 fully saturated rings. The highest BCUT2D eigenvalue weighted by molar-refractivity contribution is 5.79. The van der Waals surface area contributed by atoms with Crippen LogP contribution >= 0.6 is 0 Å². The van der Waals surface area contributed by atoms with Crippen LogP contribution in [0, 0.1) is 0 Å². The van der Waals surface area contributed by atoms with Gasteiger partial charge in [-0.25, -0.2) is 0 Å². The number of rotatable bonds is 11. The van der Waals surface area contributed by atoms with Gasteiger partial charge in [-0.15, -0.1) is 0 Å². The molecule has 0 aliphatic rings. The van der Waals surface area contributed by atoms with Crippen molar-refractivity contribution < 1.29 is 4.74 Å². The summed E-state index contributed by atoms with van der Waals surface area (Å²) in [5.74, 6) is 0.902. The average molecular weight is 315 g/mol. The number of ether oxygens (including phenoxy) is 1. The molecule has 0 heterocycles. The van der Waals surface area contributed by atoms with E-state index < -0.39 is 0 Å². The topological polar surface area (TPSA) is 48.9 Å². The van der Waals surface area contributed by atoms with Gasteiger partial charge in [0.25, 0.3) is 0 Å². The molecule has 0 aliphatic heterocycles. The van der Waals surface area contributed by atoms with Gasteiger partial charge in [0, 0.05) is 44.9 Å². The molecule has 0 bridgehead atoms. The third-order valence-corrected chi connectivity index (χ3v) is 3.36. The lowest BCUT2D eigenvalue weighted by Gasteiger charge is -2.30. The summed E-state index contributed by atoms with van der Waals surface area (Å²) in [5.41, 5.74) is 0. The number of nitrogens with zero attached hydrogens (tertiary/aromatic N) is 2. The lowest BCUT2D eigenvalue weighted by molar-refractivity contribution is 0.0782. The summed E-state index contributed by atoms with van der Waals surface area (Å²) in [6.07, 6.45) is 1.26. The van der Waals surface area contributed by atoms with Crippen LogP contribution in [0.2, 0.25) is 0 Å². The highest BCUT2D eigenvalue weighted by atomic mass is 16.5. The van der Waals surface area contributed by atoms with Gasteiger partial charge in [0.1, 0.15) is 0 Å². The Morgan fingerprint density at radius 1 is 1.05 bits per heavy atom. The van der Waals surface area contributed by atoms with E-state index in [9.17, 15) is 0 Å². The van der Waals surface area contributed by atoms with Gasteiger partial charge < -0.3 is 15.4 Å². The van der Waals surface area contributed by atoms with E-state index in [1.54, 1.807) is 0 Å². The molecule has 0 aromatic rings. The van der Waals surface area contributed by atoms with E-state index >= 15 is 0 Å². The van der Waals surface area contributed by atoms with E-state index in [2.05, 4.69) is 69.0 Å². The normalized spacial score (nSPS) is 12.8. The van der Waals surface area contributed by atoms with Crippen LogP contribution in [0.3, 0.4) is 0 Å². The maximum Gasteiger partial charge on any atom is 0.191 e. The third kappa shape index (κ3) is 10.9. The van der Waals surface area contributed by atoms with Crippen molar-refractivity contribution in [2.45, 2.75) is 73.1 Å². The molecule has 0 atom stereocenters.